The number of carbonyl (C=O) groups is 1. The summed E-state index contributed by atoms with van der Waals surface area (Å²) in [4.78, 5) is 13.9. The molecule has 198 valence electrons. The van der Waals surface area contributed by atoms with Crippen molar-refractivity contribution < 1.29 is 28.8 Å². The van der Waals surface area contributed by atoms with E-state index in [0.717, 1.165) is 28.2 Å². The second kappa shape index (κ2) is 10.5. The highest BCUT2D eigenvalue weighted by molar-refractivity contribution is 9.10. The molecule has 0 saturated heterocycles. The van der Waals surface area contributed by atoms with Gasteiger partial charge in [0, 0.05) is 17.7 Å². The number of phenolic OH excluding ortho intramolecular Hbond substituents is 1. The molecule has 9 heteroatoms. The predicted molar refractivity (Wildman–Crippen MR) is 149 cm³/mol. The van der Waals surface area contributed by atoms with E-state index in [-0.39, 0.29) is 17.5 Å². The topological polar surface area (TPSA) is 98.3 Å². The first-order valence-corrected chi connectivity index (χ1v) is 12.9. The molecule has 1 heterocycles. The van der Waals surface area contributed by atoms with Crippen LogP contribution in [0.3, 0.4) is 0 Å². The lowest BCUT2D eigenvalue weighted by molar-refractivity contribution is -0.116. The van der Waals surface area contributed by atoms with Crippen molar-refractivity contribution in [3.05, 3.63) is 75.4 Å². The minimum Gasteiger partial charge on any atom is -0.503 e. The number of hydrogen-bond acceptors (Lipinski definition) is 8. The number of carbonyl (C=O) groups excluding carboxylic acids is 1. The maximum Gasteiger partial charge on any atom is 0.203 e. The molecule has 38 heavy (non-hydrogen) atoms. The summed E-state index contributed by atoms with van der Waals surface area (Å²) in [6.45, 7) is 0. The maximum atomic E-state index is 13.9. The van der Waals surface area contributed by atoms with E-state index < -0.39 is 6.04 Å². The quantitative estimate of drug-likeness (QED) is 0.318. The molecular weight excluding hydrogens is 552 g/mol. The maximum absolute atomic E-state index is 13.9. The van der Waals surface area contributed by atoms with E-state index in [2.05, 4.69) is 26.6 Å². The molecule has 2 unspecified atom stereocenters. The molecule has 3 aromatic rings. The van der Waals surface area contributed by atoms with Crippen molar-refractivity contribution in [1.82, 2.24) is 0 Å². The largest absolute Gasteiger partial charge is 0.503 e. The first-order chi connectivity index (χ1) is 18.4. The number of benzene rings is 3. The lowest BCUT2D eigenvalue weighted by Gasteiger charge is -2.30. The molecule has 0 bridgehead atoms. The molecule has 0 fully saturated rings. The molecular formula is C29H29BrN2O6. The Hall–Kier alpha value is -3.85. The first kappa shape index (κ1) is 25.8. The van der Waals surface area contributed by atoms with Crippen LogP contribution in [0, 0.1) is 0 Å². The Labute approximate surface area is 229 Å². The number of anilines is 2. The van der Waals surface area contributed by atoms with Crippen LogP contribution in [0.1, 0.15) is 35.9 Å². The van der Waals surface area contributed by atoms with Crippen molar-refractivity contribution in [2.45, 2.75) is 24.8 Å². The summed E-state index contributed by atoms with van der Waals surface area (Å²) < 4.78 is 22.5. The van der Waals surface area contributed by atoms with Gasteiger partial charge in [0.15, 0.2) is 28.8 Å². The zero-order chi connectivity index (χ0) is 27.0. The lowest BCUT2D eigenvalue weighted by atomic mass is 9.78. The van der Waals surface area contributed by atoms with Gasteiger partial charge in [0.1, 0.15) is 0 Å². The predicted octanol–water partition coefficient (Wildman–Crippen LogP) is 6.17. The zero-order valence-corrected chi connectivity index (χ0v) is 23.1. The SMILES string of the molecule is COc1cc(C2Nc3ccccc3NC3=C2C(=O)CC(c2cc(OC)c(OC)c(OC)c2)C3)cc(Br)c1O. The Morgan fingerprint density at radius 1 is 0.842 bits per heavy atom. The van der Waals surface area contributed by atoms with E-state index in [0.29, 0.717) is 45.9 Å². The van der Waals surface area contributed by atoms with Crippen LogP contribution in [0.25, 0.3) is 0 Å². The Morgan fingerprint density at radius 2 is 1.47 bits per heavy atom. The van der Waals surface area contributed by atoms with Crippen LogP contribution in [0.5, 0.6) is 28.7 Å². The summed E-state index contributed by atoms with van der Waals surface area (Å²) in [5.74, 6) is 1.86. The summed E-state index contributed by atoms with van der Waals surface area (Å²) in [6.07, 6.45) is 0.909. The van der Waals surface area contributed by atoms with Crippen LogP contribution < -0.4 is 29.6 Å². The number of allylic oxidation sites excluding steroid dienone is 1. The van der Waals surface area contributed by atoms with Crippen molar-refractivity contribution in [2.24, 2.45) is 0 Å². The Morgan fingerprint density at radius 3 is 2.11 bits per heavy atom. The highest BCUT2D eigenvalue weighted by Crippen LogP contribution is 2.48. The third-order valence-corrected chi connectivity index (χ3v) is 7.68. The minimum absolute atomic E-state index is 0.00929. The minimum atomic E-state index is -0.458. The van der Waals surface area contributed by atoms with Gasteiger partial charge in [-0.2, -0.15) is 0 Å². The van der Waals surface area contributed by atoms with Gasteiger partial charge in [0.25, 0.3) is 0 Å². The molecule has 0 spiro atoms. The van der Waals surface area contributed by atoms with E-state index in [1.54, 1.807) is 27.4 Å². The molecule has 3 aromatic carbocycles. The smallest absolute Gasteiger partial charge is 0.203 e. The summed E-state index contributed by atoms with van der Waals surface area (Å²) in [5, 5.41) is 17.5. The van der Waals surface area contributed by atoms with Crippen molar-refractivity contribution in [3.8, 4) is 28.7 Å². The molecule has 2 aliphatic rings. The molecule has 0 saturated carbocycles. The second-order valence-electron chi connectivity index (χ2n) is 9.18. The average Bonchev–Trinajstić information content (AvgIpc) is 3.10. The fourth-order valence-electron chi connectivity index (χ4n) is 5.23. The number of methoxy groups -OCH3 is 4. The summed E-state index contributed by atoms with van der Waals surface area (Å²) in [6, 6.07) is 14.8. The average molecular weight is 581 g/mol. The Kier molecular flexibility index (Phi) is 7.12. The number of ketones is 1. The number of Topliss-reactive ketones (excluding diaryl/α,β-unsaturated/α-hetero) is 1. The van der Waals surface area contributed by atoms with Crippen molar-refractivity contribution in [2.75, 3.05) is 39.1 Å². The molecule has 0 radical (unpaired) electrons. The van der Waals surface area contributed by atoms with Crippen LogP contribution in [0.4, 0.5) is 11.4 Å². The molecule has 1 aliphatic carbocycles. The Balaban J connectivity index is 1.62. The summed E-state index contributed by atoms with van der Waals surface area (Å²) in [5.41, 5.74) is 4.96. The Bertz CT molecular complexity index is 1410. The standard InChI is InChI=1S/C29H29BrN2O6/c1-35-23-14-17(9-18(30)28(23)34)27-26-21(31-19-7-5-6-8-20(19)32-27)10-15(11-22(26)33)16-12-24(36-2)29(38-4)25(13-16)37-3/h5-9,12-15,27,31-32,34H,10-11H2,1-4H3. The number of aromatic hydroxyl groups is 1. The molecule has 5 rings (SSSR count). The van der Waals surface area contributed by atoms with Crippen LogP contribution in [-0.2, 0) is 4.79 Å². The number of nitrogens with one attached hydrogen (secondary N) is 2. The highest BCUT2D eigenvalue weighted by atomic mass is 79.9. The van der Waals surface area contributed by atoms with Crippen molar-refractivity contribution in [3.63, 3.8) is 0 Å². The third-order valence-electron chi connectivity index (χ3n) is 7.07. The summed E-state index contributed by atoms with van der Waals surface area (Å²) in [7, 11) is 6.23. The molecule has 1 aliphatic heterocycles. The number of hydrogen-bond donors (Lipinski definition) is 3. The third kappa shape index (κ3) is 4.51. The van der Waals surface area contributed by atoms with Gasteiger partial charge >= 0.3 is 0 Å². The van der Waals surface area contributed by atoms with Gasteiger partial charge in [-0.3, -0.25) is 4.79 Å². The lowest BCUT2D eigenvalue weighted by Crippen LogP contribution is -2.27. The highest BCUT2D eigenvalue weighted by Gasteiger charge is 2.37. The monoisotopic (exact) mass is 580 g/mol. The first-order valence-electron chi connectivity index (χ1n) is 12.1. The van der Waals surface area contributed by atoms with E-state index >= 15 is 0 Å². The fraction of sp³-hybridized carbons (Fsp3) is 0.276. The van der Waals surface area contributed by atoms with E-state index in [1.165, 1.54) is 7.11 Å². The van der Waals surface area contributed by atoms with E-state index in [9.17, 15) is 9.90 Å². The van der Waals surface area contributed by atoms with Gasteiger partial charge in [0.2, 0.25) is 5.75 Å². The van der Waals surface area contributed by atoms with E-state index in [1.807, 2.05) is 42.5 Å². The van der Waals surface area contributed by atoms with Crippen molar-refractivity contribution in [1.29, 1.82) is 0 Å². The fourth-order valence-corrected chi connectivity index (χ4v) is 5.69. The van der Waals surface area contributed by atoms with Gasteiger partial charge in [0.05, 0.1) is 50.3 Å². The number of fused-ring (bicyclic) bond motifs is 1. The molecule has 0 aromatic heterocycles. The van der Waals surface area contributed by atoms with Crippen LogP contribution in [0.2, 0.25) is 0 Å². The van der Waals surface area contributed by atoms with E-state index in [4.69, 9.17) is 18.9 Å². The van der Waals surface area contributed by atoms with Gasteiger partial charge in [-0.1, -0.05) is 12.1 Å². The molecule has 3 N–H and O–H groups in total. The second-order valence-corrected chi connectivity index (χ2v) is 10.0. The zero-order valence-electron chi connectivity index (χ0n) is 21.6. The number of phenols is 1. The van der Waals surface area contributed by atoms with Gasteiger partial charge in [-0.15, -0.1) is 0 Å². The van der Waals surface area contributed by atoms with Crippen LogP contribution in [0.15, 0.2) is 64.3 Å². The summed E-state index contributed by atoms with van der Waals surface area (Å²) >= 11 is 3.43. The molecule has 2 atom stereocenters. The number of ether oxygens (including phenoxy) is 4. The van der Waals surface area contributed by atoms with Crippen molar-refractivity contribution >= 4 is 33.1 Å². The van der Waals surface area contributed by atoms with Crippen LogP contribution >= 0.6 is 15.9 Å². The molecule has 0 amide bonds. The number of halogens is 1. The normalized spacial score (nSPS) is 18.4. The number of para-hydroxylation sites is 2. The number of rotatable bonds is 6. The van der Waals surface area contributed by atoms with Gasteiger partial charge < -0.3 is 34.7 Å². The van der Waals surface area contributed by atoms with Gasteiger partial charge in [-0.05, 0) is 75.8 Å². The van der Waals surface area contributed by atoms with Crippen LogP contribution in [-0.4, -0.2) is 39.3 Å². The van der Waals surface area contributed by atoms with Gasteiger partial charge in [-0.25, -0.2) is 0 Å². The molecule has 8 nitrogen and oxygen atoms in total.